The monoisotopic (exact) mass is 331 g/mol. The molecule has 0 spiro atoms. The molecule has 0 N–H and O–H groups in total. The number of nitrogens with zero attached hydrogens (tertiary/aromatic N) is 3. The van der Waals surface area contributed by atoms with E-state index in [1.165, 1.54) is 16.2 Å². The van der Waals surface area contributed by atoms with Crippen molar-refractivity contribution in [3.8, 4) is 10.6 Å². The molecule has 122 valence electrons. The molecule has 0 unspecified atom stereocenters. The van der Waals surface area contributed by atoms with Gasteiger partial charge in [0.15, 0.2) is 0 Å². The molecule has 23 heavy (non-hydrogen) atoms. The maximum absolute atomic E-state index is 12.6. The smallest absolute Gasteiger partial charge is 0.237 e. The van der Waals surface area contributed by atoms with E-state index in [4.69, 9.17) is 0 Å². The van der Waals surface area contributed by atoms with Gasteiger partial charge in [-0.1, -0.05) is 39.0 Å². The molecule has 0 saturated carbocycles. The van der Waals surface area contributed by atoms with Crippen LogP contribution in [0.2, 0.25) is 0 Å². The zero-order valence-electron chi connectivity index (χ0n) is 14.0. The van der Waals surface area contributed by atoms with Gasteiger partial charge in [0.25, 0.3) is 0 Å². The fraction of sp³-hybridized carbons (Fsp3) is 0.412. The summed E-state index contributed by atoms with van der Waals surface area (Å²) in [5.41, 5.74) is 1.55. The number of anilines is 1. The summed E-state index contributed by atoms with van der Waals surface area (Å²) < 4.78 is 0. The van der Waals surface area contributed by atoms with Crippen LogP contribution in [0.25, 0.3) is 10.6 Å². The van der Waals surface area contributed by atoms with Crippen LogP contribution in [0.5, 0.6) is 0 Å². The van der Waals surface area contributed by atoms with E-state index in [1.807, 2.05) is 19.1 Å². The predicted molar refractivity (Wildman–Crippen MR) is 92.3 cm³/mol. The summed E-state index contributed by atoms with van der Waals surface area (Å²) in [6, 6.07) is 3.75. The normalized spacial score (nSPS) is 11.1. The highest BCUT2D eigenvalue weighted by atomic mass is 32.1. The van der Waals surface area contributed by atoms with E-state index in [9.17, 15) is 9.59 Å². The first-order valence-corrected chi connectivity index (χ1v) is 8.40. The van der Waals surface area contributed by atoms with Crippen molar-refractivity contribution >= 4 is 28.2 Å². The lowest BCUT2D eigenvalue weighted by Gasteiger charge is -2.23. The van der Waals surface area contributed by atoms with Crippen LogP contribution < -0.4 is 4.90 Å². The molecule has 0 aliphatic heterocycles. The van der Waals surface area contributed by atoms with Crippen molar-refractivity contribution in [3.05, 3.63) is 30.2 Å². The van der Waals surface area contributed by atoms with Gasteiger partial charge in [-0.2, -0.15) is 0 Å². The Balaban J connectivity index is 2.49. The number of carbonyl (C=O) groups is 2. The van der Waals surface area contributed by atoms with E-state index in [-0.39, 0.29) is 23.7 Å². The minimum Gasteiger partial charge on any atom is -0.274 e. The van der Waals surface area contributed by atoms with Gasteiger partial charge in [0.2, 0.25) is 11.8 Å². The Morgan fingerprint density at radius 2 is 1.74 bits per heavy atom. The number of aromatic nitrogens is 2. The van der Waals surface area contributed by atoms with Gasteiger partial charge in [-0.15, -0.1) is 0 Å². The van der Waals surface area contributed by atoms with Gasteiger partial charge in [0.1, 0.15) is 10.0 Å². The van der Waals surface area contributed by atoms with Gasteiger partial charge in [0, 0.05) is 29.8 Å². The lowest BCUT2D eigenvalue weighted by Crippen LogP contribution is -2.41. The minimum absolute atomic E-state index is 0.201. The van der Waals surface area contributed by atoms with Crippen LogP contribution in [0.15, 0.2) is 24.5 Å². The lowest BCUT2D eigenvalue weighted by molar-refractivity contribution is -0.129. The Hall–Kier alpha value is -2.08. The van der Waals surface area contributed by atoms with Crippen molar-refractivity contribution in [2.45, 2.75) is 34.6 Å². The SMILES string of the molecule is Cc1nc(-c2cccnc2)sc1N(C(=O)C(C)C)C(=O)C(C)C. The van der Waals surface area contributed by atoms with E-state index in [0.717, 1.165) is 10.6 Å². The maximum atomic E-state index is 12.6. The number of amides is 2. The van der Waals surface area contributed by atoms with Crippen LogP contribution in [0.3, 0.4) is 0 Å². The first-order chi connectivity index (χ1) is 10.8. The Morgan fingerprint density at radius 3 is 2.22 bits per heavy atom. The van der Waals surface area contributed by atoms with E-state index in [2.05, 4.69) is 9.97 Å². The van der Waals surface area contributed by atoms with Crippen LogP contribution >= 0.6 is 11.3 Å². The van der Waals surface area contributed by atoms with Crippen molar-refractivity contribution in [2.24, 2.45) is 11.8 Å². The Bertz CT molecular complexity index is 688. The highest BCUT2D eigenvalue weighted by molar-refractivity contribution is 7.19. The van der Waals surface area contributed by atoms with Crippen LogP contribution in [-0.4, -0.2) is 21.8 Å². The summed E-state index contributed by atoms with van der Waals surface area (Å²) in [5, 5.41) is 1.35. The van der Waals surface area contributed by atoms with E-state index in [0.29, 0.717) is 10.7 Å². The van der Waals surface area contributed by atoms with Crippen LogP contribution in [0.1, 0.15) is 33.4 Å². The second-order valence-corrected chi connectivity index (χ2v) is 6.95. The van der Waals surface area contributed by atoms with Gasteiger partial charge in [-0.05, 0) is 19.1 Å². The molecule has 5 nitrogen and oxygen atoms in total. The molecule has 2 amide bonds. The average molecular weight is 331 g/mol. The summed E-state index contributed by atoms with van der Waals surface area (Å²) in [7, 11) is 0. The fourth-order valence-electron chi connectivity index (χ4n) is 2.03. The molecule has 6 heteroatoms. The first-order valence-electron chi connectivity index (χ1n) is 7.58. The third-order valence-electron chi connectivity index (χ3n) is 3.31. The van der Waals surface area contributed by atoms with Gasteiger partial charge in [-0.3, -0.25) is 14.6 Å². The van der Waals surface area contributed by atoms with Crippen molar-refractivity contribution in [2.75, 3.05) is 4.90 Å². The van der Waals surface area contributed by atoms with Crippen molar-refractivity contribution in [1.29, 1.82) is 0 Å². The zero-order valence-corrected chi connectivity index (χ0v) is 14.8. The number of carbonyl (C=O) groups excluding carboxylic acids is 2. The highest BCUT2D eigenvalue weighted by Gasteiger charge is 2.30. The third-order valence-corrected chi connectivity index (χ3v) is 4.50. The van der Waals surface area contributed by atoms with Crippen molar-refractivity contribution < 1.29 is 9.59 Å². The standard InChI is InChI=1S/C17H21N3O2S/c1-10(2)15(21)20(16(22)11(3)4)17-12(5)19-14(23-17)13-7-6-8-18-9-13/h6-11H,1-5H3. The summed E-state index contributed by atoms with van der Waals surface area (Å²) in [5.74, 6) is -0.927. The Labute approximate surface area is 140 Å². The molecule has 2 rings (SSSR count). The van der Waals surface area contributed by atoms with E-state index < -0.39 is 0 Å². The molecule has 0 fully saturated rings. The largest absolute Gasteiger partial charge is 0.274 e. The number of thiazole rings is 1. The van der Waals surface area contributed by atoms with Crippen molar-refractivity contribution in [1.82, 2.24) is 9.97 Å². The average Bonchev–Trinajstić information content (AvgIpc) is 2.90. The first kappa shape index (κ1) is 17.3. The van der Waals surface area contributed by atoms with Gasteiger partial charge in [0.05, 0.1) is 5.69 Å². The summed E-state index contributed by atoms with van der Waals surface area (Å²) in [6.45, 7) is 8.99. The van der Waals surface area contributed by atoms with Gasteiger partial charge >= 0.3 is 0 Å². The number of pyridine rings is 1. The van der Waals surface area contributed by atoms with Crippen LogP contribution in [-0.2, 0) is 9.59 Å². The molecule has 0 saturated heterocycles. The molecule has 0 radical (unpaired) electrons. The lowest BCUT2D eigenvalue weighted by atomic mass is 10.1. The summed E-state index contributed by atoms with van der Waals surface area (Å²) in [6.07, 6.45) is 3.42. The molecule has 0 aromatic carbocycles. The molecule has 2 aromatic rings. The topological polar surface area (TPSA) is 63.2 Å². The quantitative estimate of drug-likeness (QED) is 0.857. The third kappa shape index (κ3) is 3.64. The second-order valence-electron chi connectivity index (χ2n) is 5.97. The molecule has 2 heterocycles. The second kappa shape index (κ2) is 7.00. The number of aryl methyl sites for hydroxylation is 1. The number of imide groups is 1. The Morgan fingerprint density at radius 1 is 1.13 bits per heavy atom. The molecule has 2 aromatic heterocycles. The molecular weight excluding hydrogens is 310 g/mol. The Kier molecular flexibility index (Phi) is 5.26. The van der Waals surface area contributed by atoms with Gasteiger partial charge in [-0.25, -0.2) is 9.88 Å². The predicted octanol–water partition coefficient (Wildman–Crippen LogP) is 3.69. The molecule has 0 aliphatic rings. The van der Waals surface area contributed by atoms with E-state index in [1.54, 1.807) is 40.1 Å². The van der Waals surface area contributed by atoms with Crippen LogP contribution in [0.4, 0.5) is 5.00 Å². The molecule has 0 bridgehead atoms. The van der Waals surface area contributed by atoms with Crippen LogP contribution in [0, 0.1) is 18.8 Å². The summed E-state index contributed by atoms with van der Waals surface area (Å²) in [4.78, 5) is 35.0. The summed E-state index contributed by atoms with van der Waals surface area (Å²) >= 11 is 1.35. The molecule has 0 aliphatic carbocycles. The number of hydrogen-bond acceptors (Lipinski definition) is 5. The van der Waals surface area contributed by atoms with Gasteiger partial charge < -0.3 is 0 Å². The molecule has 0 atom stereocenters. The minimum atomic E-state index is -0.263. The van der Waals surface area contributed by atoms with Crippen molar-refractivity contribution in [3.63, 3.8) is 0 Å². The number of hydrogen-bond donors (Lipinski definition) is 0. The zero-order chi connectivity index (χ0) is 17.1. The molecular formula is C17H21N3O2S. The maximum Gasteiger partial charge on any atom is 0.237 e. The number of rotatable bonds is 4. The van der Waals surface area contributed by atoms with E-state index >= 15 is 0 Å². The highest BCUT2D eigenvalue weighted by Crippen LogP contribution is 2.35. The fourth-order valence-corrected chi connectivity index (χ4v) is 3.10.